The van der Waals surface area contributed by atoms with Crippen LogP contribution in [0.1, 0.15) is 60.2 Å². The van der Waals surface area contributed by atoms with Crippen molar-refractivity contribution in [3.63, 3.8) is 0 Å². The molecule has 0 aliphatic carbocycles. The average molecular weight is 548 g/mol. The van der Waals surface area contributed by atoms with Crippen molar-refractivity contribution in [3.8, 4) is 0 Å². The minimum Gasteiger partial charge on any atom is -0.463 e. The van der Waals surface area contributed by atoms with Crippen LogP contribution in [0, 0.1) is 6.92 Å². The first-order chi connectivity index (χ1) is 19.2. The van der Waals surface area contributed by atoms with Crippen molar-refractivity contribution in [1.82, 2.24) is 14.7 Å². The lowest BCUT2D eigenvalue weighted by Gasteiger charge is -2.35. The Kier molecular flexibility index (Phi) is 9.24. The largest absolute Gasteiger partial charge is 0.463 e. The van der Waals surface area contributed by atoms with E-state index in [4.69, 9.17) is 9.47 Å². The number of nitrogens with zero attached hydrogens (tertiary/aromatic N) is 3. The van der Waals surface area contributed by atoms with E-state index in [9.17, 15) is 19.2 Å². The molecule has 0 radical (unpaired) electrons. The van der Waals surface area contributed by atoms with E-state index in [1.54, 1.807) is 53.7 Å². The second-order valence-corrected chi connectivity index (χ2v) is 10.0. The van der Waals surface area contributed by atoms with Gasteiger partial charge in [-0.1, -0.05) is 42.0 Å². The summed E-state index contributed by atoms with van der Waals surface area (Å²) in [7, 11) is 0. The van der Waals surface area contributed by atoms with Crippen LogP contribution < -0.4 is 0 Å². The third kappa shape index (κ3) is 6.35. The summed E-state index contributed by atoms with van der Waals surface area (Å²) in [6.07, 6.45) is -0.212. The van der Waals surface area contributed by atoms with E-state index in [2.05, 4.69) is 0 Å². The maximum Gasteiger partial charge on any atom is 0.409 e. The fourth-order valence-corrected chi connectivity index (χ4v) is 5.24. The van der Waals surface area contributed by atoms with Gasteiger partial charge in [-0.3, -0.25) is 9.59 Å². The monoisotopic (exact) mass is 547 g/mol. The molecule has 1 saturated heterocycles. The Morgan fingerprint density at radius 3 is 2.17 bits per heavy atom. The first-order valence-corrected chi connectivity index (χ1v) is 13.8. The second-order valence-electron chi connectivity index (χ2n) is 10.0. The summed E-state index contributed by atoms with van der Waals surface area (Å²) in [5.41, 5.74) is 4.33. The molecule has 2 aliphatic rings. The van der Waals surface area contributed by atoms with Gasteiger partial charge in [-0.15, -0.1) is 0 Å². The van der Waals surface area contributed by atoms with Crippen molar-refractivity contribution in [3.05, 3.63) is 82.1 Å². The van der Waals surface area contributed by atoms with Crippen molar-refractivity contribution >= 4 is 23.9 Å². The van der Waals surface area contributed by atoms with Gasteiger partial charge in [0.15, 0.2) is 0 Å². The fourth-order valence-electron chi connectivity index (χ4n) is 5.24. The predicted molar refractivity (Wildman–Crippen MR) is 149 cm³/mol. The first kappa shape index (κ1) is 28.9. The lowest BCUT2D eigenvalue weighted by atomic mass is 9.83. The molecule has 1 atom stereocenters. The maximum absolute atomic E-state index is 13.4. The number of ether oxygens (including phenoxy) is 2. The highest BCUT2D eigenvalue weighted by atomic mass is 16.6. The fraction of sp³-hybridized carbons (Fsp3) is 0.419. The molecule has 0 aromatic heterocycles. The highest BCUT2D eigenvalue weighted by Gasteiger charge is 2.37. The van der Waals surface area contributed by atoms with Gasteiger partial charge >= 0.3 is 12.1 Å². The number of benzene rings is 2. The van der Waals surface area contributed by atoms with Gasteiger partial charge in [-0.25, -0.2) is 9.59 Å². The molecule has 212 valence electrons. The molecule has 1 unspecified atom stereocenters. The lowest BCUT2D eigenvalue weighted by molar-refractivity contribution is -0.140. The van der Waals surface area contributed by atoms with Gasteiger partial charge in [0, 0.05) is 49.8 Å². The number of carbonyl (C=O) groups is 4. The van der Waals surface area contributed by atoms with Gasteiger partial charge in [0.2, 0.25) is 5.91 Å². The third-order valence-corrected chi connectivity index (χ3v) is 7.41. The summed E-state index contributed by atoms with van der Waals surface area (Å²) < 4.78 is 10.5. The van der Waals surface area contributed by atoms with E-state index in [1.807, 2.05) is 37.3 Å². The Balaban J connectivity index is 1.53. The Bertz CT molecular complexity index is 1290. The normalized spacial score (nSPS) is 17.6. The summed E-state index contributed by atoms with van der Waals surface area (Å²) in [6, 6.07) is 15.1. The summed E-state index contributed by atoms with van der Waals surface area (Å²) >= 11 is 0. The first-order valence-electron chi connectivity index (χ1n) is 13.8. The van der Waals surface area contributed by atoms with Crippen LogP contribution in [0.4, 0.5) is 4.79 Å². The number of amides is 3. The summed E-state index contributed by atoms with van der Waals surface area (Å²) in [5.74, 6) is -1.03. The van der Waals surface area contributed by atoms with E-state index < -0.39 is 5.97 Å². The topological polar surface area (TPSA) is 96.5 Å². The third-order valence-electron chi connectivity index (χ3n) is 7.41. The molecule has 2 heterocycles. The lowest BCUT2D eigenvalue weighted by Crippen LogP contribution is -2.50. The van der Waals surface area contributed by atoms with Crippen LogP contribution in [0.15, 0.2) is 59.8 Å². The smallest absolute Gasteiger partial charge is 0.409 e. The standard InChI is InChI=1S/C31H37N3O6/c1-5-39-30(37)28-22(4)34(27(35)19-26(28)24-12-10-21(3)11-13-24)20-23-8-7-9-25(18-23)29(36)32-14-16-33(17-15-32)31(38)40-6-2/h7-13,18,26H,5-6,14-17,19-20H2,1-4H3. The average Bonchev–Trinajstić information content (AvgIpc) is 2.95. The van der Waals surface area contributed by atoms with Crippen LogP contribution in [0.5, 0.6) is 0 Å². The minimum absolute atomic E-state index is 0.0945. The molecular weight excluding hydrogens is 510 g/mol. The Morgan fingerprint density at radius 2 is 1.52 bits per heavy atom. The van der Waals surface area contributed by atoms with Crippen LogP contribution in [0.2, 0.25) is 0 Å². The van der Waals surface area contributed by atoms with Crippen LogP contribution in [0.3, 0.4) is 0 Å². The molecule has 4 rings (SSSR count). The SMILES string of the molecule is CCOC(=O)C1=C(C)N(Cc2cccc(C(=O)N3CCN(C(=O)OCC)CC3)c2)C(=O)CC1c1ccc(C)cc1. The predicted octanol–water partition coefficient (Wildman–Crippen LogP) is 4.26. The summed E-state index contributed by atoms with van der Waals surface area (Å²) in [5, 5.41) is 0. The van der Waals surface area contributed by atoms with Crippen molar-refractivity contribution in [1.29, 1.82) is 0 Å². The zero-order valence-electron chi connectivity index (χ0n) is 23.6. The Morgan fingerprint density at radius 1 is 0.875 bits per heavy atom. The molecule has 2 aromatic rings. The molecule has 1 fully saturated rings. The number of piperazine rings is 1. The number of aryl methyl sites for hydroxylation is 1. The number of esters is 1. The molecule has 0 N–H and O–H groups in total. The number of hydrogen-bond donors (Lipinski definition) is 0. The van der Waals surface area contributed by atoms with Crippen LogP contribution in [-0.4, -0.2) is 78.0 Å². The molecule has 40 heavy (non-hydrogen) atoms. The van der Waals surface area contributed by atoms with Crippen LogP contribution >= 0.6 is 0 Å². The molecule has 9 nitrogen and oxygen atoms in total. The molecule has 9 heteroatoms. The molecule has 2 aliphatic heterocycles. The van der Waals surface area contributed by atoms with Crippen LogP contribution in [-0.2, 0) is 25.6 Å². The molecule has 3 amide bonds. The van der Waals surface area contributed by atoms with Gasteiger partial charge in [-0.05, 0) is 51.0 Å². The summed E-state index contributed by atoms with van der Waals surface area (Å²) in [6.45, 7) is 9.73. The van der Waals surface area contributed by atoms with Gasteiger partial charge < -0.3 is 24.2 Å². The van der Waals surface area contributed by atoms with E-state index in [0.717, 1.165) is 16.7 Å². The highest BCUT2D eigenvalue weighted by molar-refractivity contribution is 5.96. The van der Waals surface area contributed by atoms with Crippen molar-refractivity contribution < 1.29 is 28.7 Å². The van der Waals surface area contributed by atoms with E-state index in [1.165, 1.54) is 0 Å². The Hall–Kier alpha value is -4.14. The number of rotatable bonds is 7. The maximum atomic E-state index is 13.4. The Labute approximate surface area is 235 Å². The van der Waals surface area contributed by atoms with Crippen molar-refractivity contribution in [2.24, 2.45) is 0 Å². The number of allylic oxidation sites excluding steroid dienone is 1. The minimum atomic E-state index is -0.422. The number of carbonyl (C=O) groups excluding carboxylic acids is 4. The highest BCUT2D eigenvalue weighted by Crippen LogP contribution is 2.38. The van der Waals surface area contributed by atoms with Crippen LogP contribution in [0.25, 0.3) is 0 Å². The van der Waals surface area contributed by atoms with Gasteiger partial charge in [0.25, 0.3) is 5.91 Å². The van der Waals surface area contributed by atoms with Gasteiger partial charge in [0.1, 0.15) is 0 Å². The molecule has 2 aromatic carbocycles. The van der Waals surface area contributed by atoms with E-state index in [0.29, 0.717) is 49.6 Å². The summed E-state index contributed by atoms with van der Waals surface area (Å²) in [4.78, 5) is 56.7. The van der Waals surface area contributed by atoms with Gasteiger partial charge in [0.05, 0.1) is 25.3 Å². The van der Waals surface area contributed by atoms with E-state index in [-0.39, 0.29) is 43.4 Å². The van der Waals surface area contributed by atoms with E-state index >= 15 is 0 Å². The quantitative estimate of drug-likeness (QED) is 0.481. The van der Waals surface area contributed by atoms with Crippen molar-refractivity contribution in [2.75, 3.05) is 39.4 Å². The molecule has 0 saturated carbocycles. The van der Waals surface area contributed by atoms with Crippen molar-refractivity contribution in [2.45, 2.75) is 46.6 Å². The zero-order valence-corrected chi connectivity index (χ0v) is 23.6. The second kappa shape index (κ2) is 12.8. The number of hydrogen-bond acceptors (Lipinski definition) is 6. The van der Waals surface area contributed by atoms with Gasteiger partial charge in [-0.2, -0.15) is 0 Å². The molecule has 0 spiro atoms. The molecule has 0 bridgehead atoms. The zero-order chi connectivity index (χ0) is 28.8. The molecular formula is C31H37N3O6.